The minimum absolute atomic E-state index is 0.0986. The molecule has 20 heavy (non-hydrogen) atoms. The van der Waals surface area contributed by atoms with E-state index in [2.05, 4.69) is 0 Å². The van der Waals surface area contributed by atoms with Gasteiger partial charge in [0.05, 0.1) is 12.0 Å². The molecule has 2 aromatic carbocycles. The molecular weight excluding hydrogens is 280 g/mol. The van der Waals surface area contributed by atoms with Gasteiger partial charge in [0, 0.05) is 24.5 Å². The summed E-state index contributed by atoms with van der Waals surface area (Å²) in [5.74, 6) is 0.767. The van der Waals surface area contributed by atoms with Crippen LogP contribution in [0.1, 0.15) is 0 Å². The first-order valence-corrected chi connectivity index (χ1v) is 6.22. The zero-order valence-corrected chi connectivity index (χ0v) is 11.8. The molecule has 0 aliphatic rings. The molecule has 0 aliphatic heterocycles. The highest BCUT2D eigenvalue weighted by Crippen LogP contribution is 2.32. The topological polar surface area (TPSA) is 55.6 Å². The summed E-state index contributed by atoms with van der Waals surface area (Å²) in [6.45, 7) is 0. The van der Waals surface area contributed by atoms with Crippen molar-refractivity contribution in [3.8, 4) is 5.75 Å². The van der Waals surface area contributed by atoms with Crippen molar-refractivity contribution in [1.82, 2.24) is 0 Å². The largest absolute Gasteiger partial charge is 0.497 e. The molecule has 2 aromatic rings. The van der Waals surface area contributed by atoms with Gasteiger partial charge in [-0.1, -0.05) is 11.6 Å². The lowest BCUT2D eigenvalue weighted by Crippen LogP contribution is -2.09. The van der Waals surface area contributed by atoms with Crippen molar-refractivity contribution in [3.63, 3.8) is 0 Å². The van der Waals surface area contributed by atoms with Crippen LogP contribution in [0.25, 0.3) is 0 Å². The molecule has 0 saturated heterocycles. The number of anilines is 2. The first-order valence-electron chi connectivity index (χ1n) is 5.84. The van der Waals surface area contributed by atoms with Crippen LogP contribution in [0.4, 0.5) is 17.1 Å². The van der Waals surface area contributed by atoms with E-state index in [4.69, 9.17) is 16.3 Å². The normalized spacial score (nSPS) is 10.2. The summed E-state index contributed by atoms with van der Waals surface area (Å²) in [5.41, 5.74) is 1.60. The van der Waals surface area contributed by atoms with Gasteiger partial charge in [-0.15, -0.1) is 0 Å². The number of nitro groups is 1. The number of ether oxygens (including phenoxy) is 1. The molecule has 5 nitrogen and oxygen atoms in total. The van der Waals surface area contributed by atoms with E-state index in [0.717, 1.165) is 17.1 Å². The summed E-state index contributed by atoms with van der Waals surface area (Å²) in [5, 5.41) is 10.9. The number of methoxy groups -OCH3 is 1. The highest BCUT2D eigenvalue weighted by Gasteiger charge is 2.14. The molecule has 0 atom stereocenters. The van der Waals surface area contributed by atoms with Gasteiger partial charge in [0.2, 0.25) is 0 Å². The molecule has 0 heterocycles. The van der Waals surface area contributed by atoms with Crippen molar-refractivity contribution in [3.05, 3.63) is 57.6 Å². The maximum atomic E-state index is 10.7. The number of hydrogen-bond acceptors (Lipinski definition) is 4. The summed E-state index contributed by atoms with van der Waals surface area (Å²) in [4.78, 5) is 12.1. The predicted octanol–water partition coefficient (Wildman–Crippen LogP) is 4.02. The van der Waals surface area contributed by atoms with Crippen LogP contribution in [0.2, 0.25) is 5.02 Å². The Bertz CT molecular complexity index is 629. The molecule has 0 saturated carbocycles. The molecule has 2 rings (SSSR count). The summed E-state index contributed by atoms with van der Waals surface area (Å²) >= 11 is 5.92. The number of nitro benzene ring substituents is 1. The van der Waals surface area contributed by atoms with Gasteiger partial charge in [-0.25, -0.2) is 0 Å². The first-order chi connectivity index (χ1) is 9.52. The van der Waals surface area contributed by atoms with E-state index in [1.54, 1.807) is 19.2 Å². The predicted molar refractivity (Wildman–Crippen MR) is 79.2 cm³/mol. The van der Waals surface area contributed by atoms with Gasteiger partial charge < -0.3 is 9.64 Å². The Kier molecular flexibility index (Phi) is 4.10. The molecular formula is C14H13ClN2O3. The Labute approximate surface area is 121 Å². The van der Waals surface area contributed by atoms with Crippen molar-refractivity contribution in [2.75, 3.05) is 19.1 Å². The molecule has 0 amide bonds. The van der Waals surface area contributed by atoms with E-state index in [-0.39, 0.29) is 10.7 Å². The van der Waals surface area contributed by atoms with E-state index < -0.39 is 4.92 Å². The lowest BCUT2D eigenvalue weighted by molar-refractivity contribution is -0.384. The number of nitrogens with zero attached hydrogens (tertiary/aromatic N) is 2. The second kappa shape index (κ2) is 5.79. The Balaban J connectivity index is 2.30. The molecule has 0 fully saturated rings. The van der Waals surface area contributed by atoms with Gasteiger partial charge in [-0.3, -0.25) is 10.1 Å². The van der Waals surface area contributed by atoms with Crippen molar-refractivity contribution in [1.29, 1.82) is 0 Å². The van der Waals surface area contributed by atoms with Crippen LogP contribution in [0.15, 0.2) is 42.5 Å². The average Bonchev–Trinajstić information content (AvgIpc) is 2.46. The van der Waals surface area contributed by atoms with Crippen molar-refractivity contribution < 1.29 is 9.66 Å². The smallest absolute Gasteiger partial charge is 0.288 e. The molecule has 104 valence electrons. The Hall–Kier alpha value is -2.27. The lowest BCUT2D eigenvalue weighted by Gasteiger charge is -2.19. The summed E-state index contributed by atoms with van der Waals surface area (Å²) in [6.07, 6.45) is 0. The van der Waals surface area contributed by atoms with Crippen LogP contribution in [0.5, 0.6) is 5.75 Å². The Morgan fingerprint density at radius 2 is 1.75 bits per heavy atom. The number of benzene rings is 2. The first kappa shape index (κ1) is 14.1. The van der Waals surface area contributed by atoms with E-state index in [1.165, 1.54) is 6.07 Å². The molecule has 0 unspecified atom stereocenters. The highest BCUT2D eigenvalue weighted by molar-refractivity contribution is 6.32. The molecule has 0 bridgehead atoms. The highest BCUT2D eigenvalue weighted by atomic mass is 35.5. The minimum atomic E-state index is -0.501. The number of hydrogen-bond donors (Lipinski definition) is 0. The minimum Gasteiger partial charge on any atom is -0.497 e. The molecule has 0 N–H and O–H groups in total. The molecule has 0 spiro atoms. The quantitative estimate of drug-likeness (QED) is 0.631. The van der Waals surface area contributed by atoms with E-state index in [0.29, 0.717) is 0 Å². The summed E-state index contributed by atoms with van der Waals surface area (Å²) in [7, 11) is 3.47. The van der Waals surface area contributed by atoms with E-state index in [9.17, 15) is 10.1 Å². The van der Waals surface area contributed by atoms with Crippen LogP contribution >= 0.6 is 11.6 Å². The van der Waals surface area contributed by atoms with Crippen LogP contribution in [0.3, 0.4) is 0 Å². The third-order valence-electron chi connectivity index (χ3n) is 2.97. The second-order valence-corrected chi connectivity index (χ2v) is 4.56. The van der Waals surface area contributed by atoms with E-state index in [1.807, 2.05) is 36.2 Å². The monoisotopic (exact) mass is 292 g/mol. The van der Waals surface area contributed by atoms with Gasteiger partial charge in [0.25, 0.3) is 5.69 Å². The van der Waals surface area contributed by atoms with Crippen molar-refractivity contribution in [2.45, 2.75) is 0 Å². The molecule has 0 aliphatic carbocycles. The van der Waals surface area contributed by atoms with Gasteiger partial charge >= 0.3 is 0 Å². The number of rotatable bonds is 4. The Morgan fingerprint density at radius 1 is 1.15 bits per heavy atom. The van der Waals surface area contributed by atoms with Crippen LogP contribution in [-0.2, 0) is 0 Å². The van der Waals surface area contributed by atoms with Gasteiger partial charge in [-0.05, 0) is 36.4 Å². The SMILES string of the molecule is COc1ccc(N(C)c2ccc([N+](=O)[O-])c(Cl)c2)cc1. The zero-order valence-electron chi connectivity index (χ0n) is 11.0. The fourth-order valence-electron chi connectivity index (χ4n) is 1.81. The zero-order chi connectivity index (χ0) is 14.7. The van der Waals surface area contributed by atoms with Gasteiger partial charge in [0.15, 0.2) is 0 Å². The summed E-state index contributed by atoms with van der Waals surface area (Å²) in [6, 6.07) is 12.1. The van der Waals surface area contributed by atoms with Crippen LogP contribution in [-0.4, -0.2) is 19.1 Å². The molecule has 0 aromatic heterocycles. The fraction of sp³-hybridized carbons (Fsp3) is 0.143. The maximum Gasteiger partial charge on any atom is 0.288 e. The van der Waals surface area contributed by atoms with E-state index >= 15 is 0 Å². The standard InChI is InChI=1S/C14H13ClN2O3/c1-16(10-3-6-12(20-2)7-4-10)11-5-8-14(17(18)19)13(15)9-11/h3-9H,1-2H3. The number of halogens is 1. The van der Waals surface area contributed by atoms with Crippen LogP contribution in [0, 0.1) is 10.1 Å². The lowest BCUT2D eigenvalue weighted by atomic mass is 10.2. The second-order valence-electron chi connectivity index (χ2n) is 4.15. The molecule has 0 radical (unpaired) electrons. The van der Waals surface area contributed by atoms with Gasteiger partial charge in [-0.2, -0.15) is 0 Å². The van der Waals surface area contributed by atoms with Crippen molar-refractivity contribution >= 4 is 28.7 Å². The molecule has 6 heteroatoms. The van der Waals surface area contributed by atoms with Gasteiger partial charge in [0.1, 0.15) is 10.8 Å². The summed E-state index contributed by atoms with van der Waals surface area (Å²) < 4.78 is 5.10. The third kappa shape index (κ3) is 2.83. The fourth-order valence-corrected chi connectivity index (χ4v) is 2.05. The van der Waals surface area contributed by atoms with Crippen LogP contribution < -0.4 is 9.64 Å². The average molecular weight is 293 g/mol. The maximum absolute atomic E-state index is 10.7. The third-order valence-corrected chi connectivity index (χ3v) is 3.28. The Morgan fingerprint density at radius 3 is 2.25 bits per heavy atom. The van der Waals surface area contributed by atoms with Crippen molar-refractivity contribution in [2.24, 2.45) is 0 Å².